The van der Waals surface area contributed by atoms with Gasteiger partial charge >= 0.3 is 0 Å². The summed E-state index contributed by atoms with van der Waals surface area (Å²) in [5, 5.41) is 16.7. The number of aliphatic hydroxyl groups excluding tert-OH is 1. The highest BCUT2D eigenvalue weighted by Gasteiger charge is 2.01. The van der Waals surface area contributed by atoms with Gasteiger partial charge in [0.2, 0.25) is 0 Å². The van der Waals surface area contributed by atoms with Gasteiger partial charge in [0.15, 0.2) is 6.29 Å². The van der Waals surface area contributed by atoms with Gasteiger partial charge in [-0.3, -0.25) is 4.90 Å². The Morgan fingerprint density at radius 3 is 2.56 bits per heavy atom. The third-order valence-corrected chi connectivity index (χ3v) is 0.861. The summed E-state index contributed by atoms with van der Waals surface area (Å²) < 4.78 is 0. The summed E-state index contributed by atoms with van der Waals surface area (Å²) in [6.07, 6.45) is -0.641. The molecule has 0 spiro atoms. The quantitative estimate of drug-likeness (QED) is 0.359. The molecule has 0 unspecified atom stereocenters. The Morgan fingerprint density at radius 1 is 1.67 bits per heavy atom. The van der Waals surface area contributed by atoms with Crippen molar-refractivity contribution in [1.29, 1.82) is 0 Å². The Labute approximate surface area is 53.7 Å². The fourth-order valence-electron chi connectivity index (χ4n) is 0.481. The maximum absolute atomic E-state index is 9.79. The van der Waals surface area contributed by atoms with Crippen LogP contribution in [0.1, 0.15) is 0 Å². The van der Waals surface area contributed by atoms with Gasteiger partial charge in [-0.15, -0.1) is 0 Å². The standard InChI is InChI=1S/C5H11NO3/c1-6(2-3-7)4-5(8)9/h3,5,8-9H,2,4H2,1H3. The van der Waals surface area contributed by atoms with Gasteiger partial charge in [-0.25, -0.2) is 0 Å². The molecule has 0 aromatic carbocycles. The summed E-state index contributed by atoms with van der Waals surface area (Å²) in [6, 6.07) is 0. The lowest BCUT2D eigenvalue weighted by atomic mass is 10.5. The Balaban J connectivity index is 3.25. The maximum Gasteiger partial charge on any atom is 0.164 e. The van der Waals surface area contributed by atoms with E-state index in [0.29, 0.717) is 6.29 Å². The summed E-state index contributed by atoms with van der Waals surface area (Å²) in [5.74, 6) is 0. The SMILES string of the molecule is CN(CC=O)CC(O)O. The van der Waals surface area contributed by atoms with Crippen molar-refractivity contribution in [3.05, 3.63) is 0 Å². The molecule has 0 aliphatic rings. The van der Waals surface area contributed by atoms with Gasteiger partial charge in [0, 0.05) is 6.54 Å². The van der Waals surface area contributed by atoms with Crippen LogP contribution in [0, 0.1) is 0 Å². The molecule has 0 radical (unpaired) electrons. The van der Waals surface area contributed by atoms with Gasteiger partial charge in [0.25, 0.3) is 0 Å². The second-order valence-corrected chi connectivity index (χ2v) is 1.87. The van der Waals surface area contributed by atoms with Crippen molar-refractivity contribution < 1.29 is 15.0 Å². The van der Waals surface area contributed by atoms with Crippen molar-refractivity contribution in [2.24, 2.45) is 0 Å². The number of carbonyl (C=O) groups is 1. The zero-order valence-corrected chi connectivity index (χ0v) is 5.32. The fraction of sp³-hybridized carbons (Fsp3) is 0.800. The molecule has 0 amide bonds. The zero-order chi connectivity index (χ0) is 7.28. The van der Waals surface area contributed by atoms with E-state index in [9.17, 15) is 4.79 Å². The Kier molecular flexibility index (Phi) is 4.21. The highest BCUT2D eigenvalue weighted by molar-refractivity contribution is 5.51. The average Bonchev–Trinajstić information content (AvgIpc) is 1.63. The molecule has 0 aliphatic carbocycles. The van der Waals surface area contributed by atoms with Crippen LogP contribution in [0.4, 0.5) is 0 Å². The van der Waals surface area contributed by atoms with E-state index in [1.54, 1.807) is 7.05 Å². The van der Waals surface area contributed by atoms with E-state index in [-0.39, 0.29) is 13.1 Å². The summed E-state index contributed by atoms with van der Waals surface area (Å²) in [6.45, 7) is 0.344. The highest BCUT2D eigenvalue weighted by atomic mass is 16.5. The minimum Gasteiger partial charge on any atom is -0.367 e. The first-order valence-corrected chi connectivity index (χ1v) is 2.65. The van der Waals surface area contributed by atoms with Gasteiger partial charge in [-0.1, -0.05) is 0 Å². The first kappa shape index (κ1) is 8.55. The minimum atomic E-state index is -1.35. The number of aliphatic hydroxyl groups is 2. The smallest absolute Gasteiger partial charge is 0.164 e. The molecule has 0 aromatic rings. The number of hydrogen-bond acceptors (Lipinski definition) is 4. The summed E-state index contributed by atoms with van der Waals surface area (Å²) in [4.78, 5) is 11.3. The molecule has 4 nitrogen and oxygen atoms in total. The number of carbonyl (C=O) groups excluding carboxylic acids is 1. The highest BCUT2D eigenvalue weighted by Crippen LogP contribution is 1.81. The van der Waals surface area contributed by atoms with Crippen molar-refractivity contribution in [1.82, 2.24) is 4.90 Å². The molecule has 2 N–H and O–H groups in total. The predicted molar refractivity (Wildman–Crippen MR) is 31.8 cm³/mol. The van der Waals surface area contributed by atoms with Gasteiger partial charge < -0.3 is 15.0 Å². The van der Waals surface area contributed by atoms with Crippen molar-refractivity contribution in [3.63, 3.8) is 0 Å². The van der Waals surface area contributed by atoms with Gasteiger partial charge in [0.1, 0.15) is 6.29 Å². The molecule has 0 atom stereocenters. The molecule has 0 aliphatic heterocycles. The first-order chi connectivity index (χ1) is 4.16. The molecular weight excluding hydrogens is 122 g/mol. The summed E-state index contributed by atoms with van der Waals surface area (Å²) in [7, 11) is 1.63. The molecule has 0 aromatic heterocycles. The van der Waals surface area contributed by atoms with Crippen molar-refractivity contribution in [2.75, 3.05) is 20.1 Å². The lowest BCUT2D eigenvalue weighted by Gasteiger charge is -2.13. The van der Waals surface area contributed by atoms with Crippen LogP contribution in [0.25, 0.3) is 0 Å². The average molecular weight is 133 g/mol. The van der Waals surface area contributed by atoms with Gasteiger partial charge in [0.05, 0.1) is 6.54 Å². The normalized spacial score (nSPS) is 10.8. The molecule has 0 heterocycles. The minimum absolute atomic E-state index is 0.110. The number of hydrogen-bond donors (Lipinski definition) is 2. The molecule has 0 bridgehead atoms. The molecule has 0 saturated carbocycles. The van der Waals surface area contributed by atoms with Crippen LogP contribution in [-0.4, -0.2) is 47.8 Å². The number of rotatable bonds is 4. The first-order valence-electron chi connectivity index (χ1n) is 2.65. The third-order valence-electron chi connectivity index (χ3n) is 0.861. The van der Waals surface area contributed by atoms with Crippen LogP contribution in [0.15, 0.2) is 0 Å². The van der Waals surface area contributed by atoms with Gasteiger partial charge in [-0.2, -0.15) is 0 Å². The van der Waals surface area contributed by atoms with Crippen LogP contribution < -0.4 is 0 Å². The number of likely N-dealkylation sites (N-methyl/N-ethyl adjacent to an activating group) is 1. The number of nitrogens with zero attached hydrogens (tertiary/aromatic N) is 1. The molecule has 54 valence electrons. The van der Waals surface area contributed by atoms with E-state index >= 15 is 0 Å². The lowest BCUT2D eigenvalue weighted by Crippen LogP contribution is -2.30. The third kappa shape index (κ3) is 5.42. The van der Waals surface area contributed by atoms with E-state index < -0.39 is 6.29 Å². The van der Waals surface area contributed by atoms with Gasteiger partial charge in [-0.05, 0) is 7.05 Å². The summed E-state index contributed by atoms with van der Waals surface area (Å²) >= 11 is 0. The molecule has 9 heavy (non-hydrogen) atoms. The van der Waals surface area contributed by atoms with Crippen molar-refractivity contribution >= 4 is 6.29 Å². The molecule has 0 saturated heterocycles. The van der Waals surface area contributed by atoms with Crippen molar-refractivity contribution in [3.8, 4) is 0 Å². The predicted octanol–water partition coefficient (Wildman–Crippen LogP) is -1.57. The Morgan fingerprint density at radius 2 is 2.22 bits per heavy atom. The lowest BCUT2D eigenvalue weighted by molar-refractivity contribution is -0.110. The van der Waals surface area contributed by atoms with Crippen LogP contribution >= 0.6 is 0 Å². The largest absolute Gasteiger partial charge is 0.367 e. The molecule has 4 heteroatoms. The Bertz CT molecular complexity index is 84.3. The maximum atomic E-state index is 9.79. The zero-order valence-electron chi connectivity index (χ0n) is 5.32. The second kappa shape index (κ2) is 4.43. The van der Waals surface area contributed by atoms with Crippen LogP contribution in [0.5, 0.6) is 0 Å². The van der Waals surface area contributed by atoms with Crippen LogP contribution in [0.3, 0.4) is 0 Å². The van der Waals surface area contributed by atoms with E-state index in [0.717, 1.165) is 0 Å². The van der Waals surface area contributed by atoms with Crippen LogP contribution in [-0.2, 0) is 4.79 Å². The monoisotopic (exact) mass is 133 g/mol. The fourth-order valence-corrected chi connectivity index (χ4v) is 0.481. The Hall–Kier alpha value is -0.450. The molecule has 0 rings (SSSR count). The summed E-state index contributed by atoms with van der Waals surface area (Å²) in [5.41, 5.74) is 0. The van der Waals surface area contributed by atoms with E-state index in [1.165, 1.54) is 4.90 Å². The van der Waals surface area contributed by atoms with Crippen molar-refractivity contribution in [2.45, 2.75) is 6.29 Å². The molecular formula is C5H11NO3. The van der Waals surface area contributed by atoms with E-state index in [2.05, 4.69) is 0 Å². The molecule has 0 fully saturated rings. The van der Waals surface area contributed by atoms with Crippen LogP contribution in [0.2, 0.25) is 0 Å². The van der Waals surface area contributed by atoms with E-state index in [1.807, 2.05) is 0 Å². The van der Waals surface area contributed by atoms with E-state index in [4.69, 9.17) is 10.2 Å². The topological polar surface area (TPSA) is 60.8 Å². The number of aldehydes is 1. The second-order valence-electron chi connectivity index (χ2n) is 1.87.